The van der Waals surface area contributed by atoms with Crippen molar-refractivity contribution < 1.29 is 9.53 Å². The van der Waals surface area contributed by atoms with Crippen LogP contribution in [-0.2, 0) is 4.74 Å². The minimum absolute atomic E-state index is 0.237. The summed E-state index contributed by atoms with van der Waals surface area (Å²) >= 11 is 12.2. The number of benzene rings is 1. The lowest BCUT2D eigenvalue weighted by Gasteiger charge is -2.10. The van der Waals surface area contributed by atoms with Crippen LogP contribution in [0.5, 0.6) is 0 Å². The fraction of sp³-hybridized carbons (Fsp3) is 0.111. The zero-order valence-corrected chi connectivity index (χ0v) is 15.5. The normalized spacial score (nSPS) is 11.2. The van der Waals surface area contributed by atoms with Gasteiger partial charge >= 0.3 is 5.97 Å². The molecule has 0 aliphatic carbocycles. The van der Waals surface area contributed by atoms with Crippen molar-refractivity contribution in [3.8, 4) is 5.69 Å². The molecule has 3 heterocycles. The summed E-state index contributed by atoms with van der Waals surface area (Å²) in [6, 6.07) is 6.57. The third-order valence-electron chi connectivity index (χ3n) is 4.06. The highest BCUT2D eigenvalue weighted by Gasteiger charge is 2.18. The van der Waals surface area contributed by atoms with E-state index in [1.165, 1.54) is 21.5 Å². The standard InChI is InChI=1S/C18H12Cl2N4O3/c1-2-27-18(26)12-9-22-24-14-5-6-23(15-7-10(19)3-4-13(15)20)17(25)11(14)8-21-16(12)24/h3-9H,2H2,1H3. The van der Waals surface area contributed by atoms with E-state index in [0.717, 1.165) is 0 Å². The highest BCUT2D eigenvalue weighted by Crippen LogP contribution is 2.24. The molecular formula is C18H12Cl2N4O3. The molecule has 27 heavy (non-hydrogen) atoms. The van der Waals surface area contributed by atoms with Gasteiger partial charge in [-0.15, -0.1) is 0 Å². The van der Waals surface area contributed by atoms with Crippen LogP contribution in [0.15, 0.2) is 47.7 Å². The second kappa shape index (κ2) is 6.68. The minimum Gasteiger partial charge on any atom is -0.462 e. The molecule has 4 aromatic rings. The maximum absolute atomic E-state index is 13.0. The summed E-state index contributed by atoms with van der Waals surface area (Å²) in [5.74, 6) is -0.515. The highest BCUT2D eigenvalue weighted by atomic mass is 35.5. The Morgan fingerprint density at radius 3 is 2.81 bits per heavy atom. The quantitative estimate of drug-likeness (QED) is 0.489. The number of hydrogen-bond donors (Lipinski definition) is 0. The average molecular weight is 403 g/mol. The summed E-state index contributed by atoms with van der Waals surface area (Å²) in [5.41, 5.74) is 1.19. The van der Waals surface area contributed by atoms with Gasteiger partial charge in [-0.1, -0.05) is 23.2 Å². The average Bonchev–Trinajstić information content (AvgIpc) is 3.09. The number of rotatable bonds is 3. The molecule has 0 spiro atoms. The van der Waals surface area contributed by atoms with Crippen LogP contribution in [-0.4, -0.2) is 31.7 Å². The number of pyridine rings is 1. The van der Waals surface area contributed by atoms with Crippen molar-refractivity contribution in [1.29, 1.82) is 0 Å². The van der Waals surface area contributed by atoms with Gasteiger partial charge in [0.05, 0.1) is 34.4 Å². The van der Waals surface area contributed by atoms with Crippen LogP contribution in [0, 0.1) is 0 Å². The zero-order valence-electron chi connectivity index (χ0n) is 14.0. The van der Waals surface area contributed by atoms with Gasteiger partial charge < -0.3 is 4.74 Å². The summed E-state index contributed by atoms with van der Waals surface area (Å²) < 4.78 is 7.83. The Labute approximate surface area is 162 Å². The lowest BCUT2D eigenvalue weighted by molar-refractivity contribution is 0.0528. The molecule has 0 radical (unpaired) electrons. The number of carbonyl (C=O) groups excluding carboxylic acids is 1. The van der Waals surface area contributed by atoms with E-state index in [2.05, 4.69) is 10.1 Å². The first-order chi connectivity index (χ1) is 13.0. The van der Waals surface area contributed by atoms with E-state index in [1.807, 2.05) is 0 Å². The molecule has 9 heteroatoms. The summed E-state index contributed by atoms with van der Waals surface area (Å²) in [4.78, 5) is 29.2. The van der Waals surface area contributed by atoms with Crippen molar-refractivity contribution in [2.45, 2.75) is 6.92 Å². The van der Waals surface area contributed by atoms with Crippen LogP contribution < -0.4 is 5.56 Å². The lowest BCUT2D eigenvalue weighted by Crippen LogP contribution is -2.19. The van der Waals surface area contributed by atoms with E-state index >= 15 is 0 Å². The van der Waals surface area contributed by atoms with Crippen molar-refractivity contribution in [2.75, 3.05) is 6.61 Å². The van der Waals surface area contributed by atoms with Gasteiger partial charge in [0.2, 0.25) is 0 Å². The van der Waals surface area contributed by atoms with Gasteiger partial charge in [0.1, 0.15) is 5.56 Å². The molecule has 0 saturated heterocycles. The number of nitrogens with zero attached hydrogens (tertiary/aromatic N) is 4. The first-order valence-electron chi connectivity index (χ1n) is 8.02. The second-order valence-electron chi connectivity index (χ2n) is 5.66. The molecule has 0 N–H and O–H groups in total. The Bertz CT molecular complexity index is 1260. The number of fused-ring (bicyclic) bond motifs is 3. The summed E-state index contributed by atoms with van der Waals surface area (Å²) in [5, 5.41) is 5.35. The summed E-state index contributed by atoms with van der Waals surface area (Å²) in [6.07, 6.45) is 4.36. The largest absolute Gasteiger partial charge is 0.462 e. The molecule has 3 aromatic heterocycles. The fourth-order valence-electron chi connectivity index (χ4n) is 2.83. The van der Waals surface area contributed by atoms with Gasteiger partial charge in [0.25, 0.3) is 5.56 Å². The van der Waals surface area contributed by atoms with Crippen LogP contribution in [0.3, 0.4) is 0 Å². The lowest BCUT2D eigenvalue weighted by atomic mass is 10.2. The van der Waals surface area contributed by atoms with Crippen LogP contribution in [0.4, 0.5) is 0 Å². The van der Waals surface area contributed by atoms with Crippen LogP contribution in [0.2, 0.25) is 10.0 Å². The fourth-order valence-corrected chi connectivity index (χ4v) is 3.20. The molecule has 0 saturated carbocycles. The van der Waals surface area contributed by atoms with E-state index in [1.54, 1.807) is 37.4 Å². The topological polar surface area (TPSA) is 78.5 Å². The SMILES string of the molecule is CCOC(=O)c1cnn2c1ncc1c(=O)n(-c3cc(Cl)ccc3Cl)ccc12. The predicted molar refractivity (Wildman–Crippen MR) is 102 cm³/mol. The van der Waals surface area contributed by atoms with Gasteiger partial charge in [-0.2, -0.15) is 5.10 Å². The van der Waals surface area contributed by atoms with Crippen LogP contribution >= 0.6 is 23.2 Å². The summed E-state index contributed by atoms with van der Waals surface area (Å²) in [7, 11) is 0. The molecule has 4 rings (SSSR count). The van der Waals surface area contributed by atoms with E-state index in [9.17, 15) is 9.59 Å². The van der Waals surface area contributed by atoms with Crippen molar-refractivity contribution >= 4 is 45.7 Å². The van der Waals surface area contributed by atoms with E-state index < -0.39 is 5.97 Å². The molecule has 1 aromatic carbocycles. The zero-order chi connectivity index (χ0) is 19.1. The van der Waals surface area contributed by atoms with Crippen LogP contribution in [0.25, 0.3) is 22.2 Å². The van der Waals surface area contributed by atoms with E-state index in [0.29, 0.717) is 32.3 Å². The first kappa shape index (κ1) is 17.5. The Balaban J connectivity index is 1.95. The number of ether oxygens (including phenoxy) is 1. The van der Waals surface area contributed by atoms with Gasteiger partial charge in [0.15, 0.2) is 5.65 Å². The van der Waals surface area contributed by atoms with Gasteiger partial charge in [-0.3, -0.25) is 9.36 Å². The Morgan fingerprint density at radius 1 is 1.22 bits per heavy atom. The molecule has 0 atom stereocenters. The third-order valence-corrected chi connectivity index (χ3v) is 4.61. The van der Waals surface area contributed by atoms with Gasteiger partial charge in [0, 0.05) is 17.4 Å². The molecule has 0 unspecified atom stereocenters. The minimum atomic E-state index is -0.515. The number of hydrogen-bond acceptors (Lipinski definition) is 5. The van der Waals surface area contributed by atoms with Gasteiger partial charge in [-0.05, 0) is 31.2 Å². The highest BCUT2D eigenvalue weighted by molar-refractivity contribution is 6.34. The molecule has 0 aliphatic rings. The number of aromatic nitrogens is 4. The summed E-state index contributed by atoms with van der Waals surface area (Å²) in [6.45, 7) is 1.96. The molecule has 0 fully saturated rings. The molecule has 136 valence electrons. The molecule has 0 bridgehead atoms. The maximum atomic E-state index is 13.0. The Morgan fingerprint density at radius 2 is 2.04 bits per heavy atom. The molecule has 0 amide bonds. The van der Waals surface area contributed by atoms with Crippen molar-refractivity contribution in [3.63, 3.8) is 0 Å². The van der Waals surface area contributed by atoms with Gasteiger partial charge in [-0.25, -0.2) is 14.3 Å². The molecule has 7 nitrogen and oxygen atoms in total. The van der Waals surface area contributed by atoms with E-state index in [-0.39, 0.29) is 17.7 Å². The molecule has 0 aliphatic heterocycles. The van der Waals surface area contributed by atoms with Crippen LogP contribution in [0.1, 0.15) is 17.3 Å². The first-order valence-corrected chi connectivity index (χ1v) is 8.77. The predicted octanol–water partition coefficient (Wildman–Crippen LogP) is 3.52. The Kier molecular flexibility index (Phi) is 4.33. The smallest absolute Gasteiger partial charge is 0.343 e. The van der Waals surface area contributed by atoms with E-state index in [4.69, 9.17) is 27.9 Å². The van der Waals surface area contributed by atoms with Crippen molar-refractivity contribution in [1.82, 2.24) is 19.2 Å². The molecular weight excluding hydrogens is 391 g/mol. The number of carbonyl (C=O) groups is 1. The third kappa shape index (κ3) is 2.85. The monoisotopic (exact) mass is 402 g/mol. The maximum Gasteiger partial charge on any atom is 0.343 e. The number of esters is 1. The Hall–Kier alpha value is -2.90. The van der Waals surface area contributed by atoms with Crippen molar-refractivity contribution in [3.05, 3.63) is 68.8 Å². The number of halogens is 2. The second-order valence-corrected chi connectivity index (χ2v) is 6.50. The van der Waals surface area contributed by atoms with Crippen molar-refractivity contribution in [2.24, 2.45) is 0 Å².